The number of ether oxygens (including phenoxy) is 2. The summed E-state index contributed by atoms with van der Waals surface area (Å²) in [4.78, 5) is 11.4. The van der Waals surface area contributed by atoms with Gasteiger partial charge in [0.15, 0.2) is 0 Å². The van der Waals surface area contributed by atoms with Crippen molar-refractivity contribution >= 4 is 5.97 Å². The van der Waals surface area contributed by atoms with Crippen molar-refractivity contribution in [2.45, 2.75) is 33.1 Å². The largest absolute Gasteiger partial charge is 0.494 e. The molecule has 0 radical (unpaired) electrons. The molecule has 0 bridgehead atoms. The summed E-state index contributed by atoms with van der Waals surface area (Å²) in [5, 5.41) is 0. The Hall–Kier alpha value is -1.51. The van der Waals surface area contributed by atoms with E-state index in [1.54, 1.807) is 0 Å². The minimum absolute atomic E-state index is 0.132. The van der Waals surface area contributed by atoms with Gasteiger partial charge in [-0.15, -0.1) is 0 Å². The molecular weight excluding hydrogens is 228 g/mol. The lowest BCUT2D eigenvalue weighted by Crippen LogP contribution is -2.09. The van der Waals surface area contributed by atoms with Crippen molar-refractivity contribution in [1.82, 2.24) is 0 Å². The first-order valence-corrected chi connectivity index (χ1v) is 6.52. The Bertz CT molecular complexity index is 333. The van der Waals surface area contributed by atoms with Crippen molar-refractivity contribution in [3.05, 3.63) is 30.3 Å². The molecule has 0 heterocycles. The van der Waals surface area contributed by atoms with Crippen LogP contribution in [0.2, 0.25) is 0 Å². The predicted molar refractivity (Wildman–Crippen MR) is 71.6 cm³/mol. The molecule has 0 aliphatic carbocycles. The average Bonchev–Trinajstić information content (AvgIpc) is 2.35. The molecule has 3 nitrogen and oxygen atoms in total. The van der Waals surface area contributed by atoms with Crippen molar-refractivity contribution in [1.29, 1.82) is 0 Å². The maximum Gasteiger partial charge on any atom is 0.305 e. The standard InChI is InChI=1S/C15H22O3/c1-13(2)10-12-18-15(16)9-6-11-17-14-7-4-3-5-8-14/h3-5,7-8,13H,6,9-12H2,1-2H3. The molecular formula is C15H22O3. The van der Waals surface area contributed by atoms with Gasteiger partial charge in [-0.05, 0) is 30.9 Å². The van der Waals surface area contributed by atoms with Gasteiger partial charge in [0, 0.05) is 6.42 Å². The topological polar surface area (TPSA) is 35.5 Å². The predicted octanol–water partition coefficient (Wildman–Crippen LogP) is 3.43. The summed E-state index contributed by atoms with van der Waals surface area (Å²) in [7, 11) is 0. The summed E-state index contributed by atoms with van der Waals surface area (Å²) in [5.74, 6) is 1.28. The summed E-state index contributed by atoms with van der Waals surface area (Å²) in [6, 6.07) is 9.60. The van der Waals surface area contributed by atoms with Crippen molar-refractivity contribution in [2.75, 3.05) is 13.2 Å². The number of carbonyl (C=O) groups excluding carboxylic acids is 1. The van der Waals surface area contributed by atoms with Crippen molar-refractivity contribution in [2.24, 2.45) is 5.92 Å². The van der Waals surface area contributed by atoms with E-state index < -0.39 is 0 Å². The summed E-state index contributed by atoms with van der Waals surface area (Å²) in [6.45, 7) is 5.29. The lowest BCUT2D eigenvalue weighted by atomic mass is 10.1. The van der Waals surface area contributed by atoms with E-state index in [4.69, 9.17) is 9.47 Å². The van der Waals surface area contributed by atoms with E-state index in [1.807, 2.05) is 30.3 Å². The van der Waals surface area contributed by atoms with Crippen LogP contribution in [0.15, 0.2) is 30.3 Å². The molecule has 100 valence electrons. The van der Waals surface area contributed by atoms with Gasteiger partial charge in [0.1, 0.15) is 5.75 Å². The quantitative estimate of drug-likeness (QED) is 0.523. The van der Waals surface area contributed by atoms with Gasteiger partial charge in [0.05, 0.1) is 13.2 Å². The van der Waals surface area contributed by atoms with Crippen LogP contribution in [0, 0.1) is 5.92 Å². The van der Waals surface area contributed by atoms with E-state index in [-0.39, 0.29) is 5.97 Å². The van der Waals surface area contributed by atoms with Crippen molar-refractivity contribution in [3.63, 3.8) is 0 Å². The van der Waals surface area contributed by atoms with E-state index in [9.17, 15) is 4.79 Å². The van der Waals surface area contributed by atoms with E-state index >= 15 is 0 Å². The fourth-order valence-electron chi connectivity index (χ4n) is 1.40. The minimum atomic E-state index is -0.132. The van der Waals surface area contributed by atoms with E-state index in [0.29, 0.717) is 32.0 Å². The number of hydrogen-bond acceptors (Lipinski definition) is 3. The Labute approximate surface area is 109 Å². The lowest BCUT2D eigenvalue weighted by molar-refractivity contribution is -0.144. The Morgan fingerprint density at radius 3 is 2.56 bits per heavy atom. The van der Waals surface area contributed by atoms with Crippen LogP contribution in [0.1, 0.15) is 33.1 Å². The molecule has 0 N–H and O–H groups in total. The second kappa shape index (κ2) is 8.56. The van der Waals surface area contributed by atoms with Crippen molar-refractivity contribution in [3.8, 4) is 5.75 Å². The highest BCUT2D eigenvalue weighted by Crippen LogP contribution is 2.09. The van der Waals surface area contributed by atoms with Crippen LogP contribution in [0.5, 0.6) is 5.75 Å². The molecule has 0 aromatic heterocycles. The first-order valence-electron chi connectivity index (χ1n) is 6.52. The van der Waals surface area contributed by atoms with Crippen LogP contribution >= 0.6 is 0 Å². The summed E-state index contributed by atoms with van der Waals surface area (Å²) in [6.07, 6.45) is 2.03. The summed E-state index contributed by atoms with van der Waals surface area (Å²) >= 11 is 0. The molecule has 0 saturated carbocycles. The highest BCUT2D eigenvalue weighted by Gasteiger charge is 2.03. The summed E-state index contributed by atoms with van der Waals surface area (Å²) in [5.41, 5.74) is 0. The third-order valence-electron chi connectivity index (χ3n) is 2.50. The highest BCUT2D eigenvalue weighted by molar-refractivity contribution is 5.69. The summed E-state index contributed by atoms with van der Waals surface area (Å²) < 4.78 is 10.6. The van der Waals surface area contributed by atoms with Crippen LogP contribution in [0.3, 0.4) is 0 Å². The van der Waals surface area contributed by atoms with Crippen LogP contribution in [0.25, 0.3) is 0 Å². The Morgan fingerprint density at radius 2 is 1.89 bits per heavy atom. The van der Waals surface area contributed by atoms with Gasteiger partial charge in [-0.3, -0.25) is 4.79 Å². The molecule has 18 heavy (non-hydrogen) atoms. The fourth-order valence-corrected chi connectivity index (χ4v) is 1.40. The van der Waals surface area contributed by atoms with Crippen LogP contribution in [-0.4, -0.2) is 19.2 Å². The minimum Gasteiger partial charge on any atom is -0.494 e. The van der Waals surface area contributed by atoms with Gasteiger partial charge in [-0.2, -0.15) is 0 Å². The smallest absolute Gasteiger partial charge is 0.305 e. The fraction of sp³-hybridized carbons (Fsp3) is 0.533. The van der Waals surface area contributed by atoms with E-state index in [0.717, 1.165) is 12.2 Å². The Morgan fingerprint density at radius 1 is 1.17 bits per heavy atom. The van der Waals surface area contributed by atoms with Gasteiger partial charge >= 0.3 is 5.97 Å². The normalized spacial score (nSPS) is 10.4. The van der Waals surface area contributed by atoms with E-state index in [2.05, 4.69) is 13.8 Å². The maximum absolute atomic E-state index is 11.4. The van der Waals surface area contributed by atoms with Gasteiger partial charge < -0.3 is 9.47 Å². The van der Waals surface area contributed by atoms with Gasteiger partial charge in [-0.1, -0.05) is 32.0 Å². The van der Waals surface area contributed by atoms with Gasteiger partial charge in [0.25, 0.3) is 0 Å². The SMILES string of the molecule is CC(C)CCOC(=O)CCCOc1ccccc1. The molecule has 0 spiro atoms. The van der Waals surface area contributed by atoms with Gasteiger partial charge in [-0.25, -0.2) is 0 Å². The molecule has 0 aliphatic rings. The number of benzene rings is 1. The number of hydrogen-bond donors (Lipinski definition) is 0. The number of para-hydroxylation sites is 1. The Balaban J connectivity index is 2.02. The monoisotopic (exact) mass is 250 g/mol. The third kappa shape index (κ3) is 6.94. The third-order valence-corrected chi connectivity index (χ3v) is 2.50. The molecule has 1 aromatic rings. The molecule has 0 saturated heterocycles. The first kappa shape index (κ1) is 14.6. The number of carbonyl (C=O) groups is 1. The molecule has 0 fully saturated rings. The zero-order valence-corrected chi connectivity index (χ0v) is 11.2. The molecule has 3 heteroatoms. The van der Waals surface area contributed by atoms with Crippen LogP contribution in [0.4, 0.5) is 0 Å². The first-order chi connectivity index (χ1) is 8.68. The van der Waals surface area contributed by atoms with Gasteiger partial charge in [0.2, 0.25) is 0 Å². The maximum atomic E-state index is 11.4. The highest BCUT2D eigenvalue weighted by atomic mass is 16.5. The molecule has 0 aliphatic heterocycles. The van der Waals surface area contributed by atoms with Crippen LogP contribution < -0.4 is 4.74 Å². The lowest BCUT2D eigenvalue weighted by Gasteiger charge is -2.07. The number of esters is 1. The molecule has 1 rings (SSSR count). The number of rotatable bonds is 8. The second-order valence-electron chi connectivity index (χ2n) is 4.67. The molecule has 0 atom stereocenters. The second-order valence-corrected chi connectivity index (χ2v) is 4.67. The van der Waals surface area contributed by atoms with E-state index in [1.165, 1.54) is 0 Å². The average molecular weight is 250 g/mol. The Kier molecular flexibility index (Phi) is 6.92. The molecule has 0 amide bonds. The van der Waals surface area contributed by atoms with Crippen molar-refractivity contribution < 1.29 is 14.3 Å². The molecule has 1 aromatic carbocycles. The zero-order valence-electron chi connectivity index (χ0n) is 11.2. The van der Waals surface area contributed by atoms with Crippen LogP contribution in [-0.2, 0) is 9.53 Å². The molecule has 0 unspecified atom stereocenters. The zero-order chi connectivity index (χ0) is 13.2.